The molecule has 1 aliphatic heterocycles. The van der Waals surface area contributed by atoms with E-state index in [1.807, 2.05) is 4.90 Å². The highest BCUT2D eigenvalue weighted by Gasteiger charge is 2.29. The van der Waals surface area contributed by atoms with Gasteiger partial charge in [0.25, 0.3) is 0 Å². The van der Waals surface area contributed by atoms with Gasteiger partial charge in [-0.1, -0.05) is 19.8 Å². The van der Waals surface area contributed by atoms with Crippen LogP contribution in [0.4, 0.5) is 17.5 Å². The normalized spacial score (nSPS) is 16.0. The Kier molecular flexibility index (Phi) is 4.93. The van der Waals surface area contributed by atoms with Crippen LogP contribution in [-0.4, -0.2) is 35.0 Å². The highest BCUT2D eigenvalue weighted by atomic mass is 16.6. The Bertz CT molecular complexity index is 512. The Labute approximate surface area is 124 Å². The summed E-state index contributed by atoms with van der Waals surface area (Å²) in [5, 5.41) is 14.2. The molecule has 0 amide bonds. The van der Waals surface area contributed by atoms with Crippen LogP contribution in [0.25, 0.3) is 0 Å². The number of anilines is 2. The number of nitrogens with one attached hydrogen (secondary N) is 1. The number of nitro groups is 1. The van der Waals surface area contributed by atoms with Crippen LogP contribution in [0.2, 0.25) is 0 Å². The molecule has 0 bridgehead atoms. The number of hydrogen-bond acceptors (Lipinski definition) is 6. The first kappa shape index (κ1) is 15.5. The second kappa shape index (κ2) is 6.69. The van der Waals surface area contributed by atoms with E-state index >= 15 is 0 Å². The van der Waals surface area contributed by atoms with Gasteiger partial charge in [-0.05, 0) is 25.7 Å². The maximum Gasteiger partial charge on any atom is 0.332 e. The van der Waals surface area contributed by atoms with E-state index in [1.54, 1.807) is 14.0 Å². The van der Waals surface area contributed by atoms with Crippen LogP contribution < -0.4 is 10.2 Å². The van der Waals surface area contributed by atoms with E-state index in [-0.39, 0.29) is 10.6 Å². The van der Waals surface area contributed by atoms with E-state index in [1.165, 1.54) is 12.8 Å². The van der Waals surface area contributed by atoms with Gasteiger partial charge in [-0.2, -0.15) is 4.98 Å². The molecule has 0 spiro atoms. The minimum absolute atomic E-state index is 0.0305. The Morgan fingerprint density at radius 2 is 2.05 bits per heavy atom. The average molecular weight is 293 g/mol. The molecule has 0 unspecified atom stereocenters. The van der Waals surface area contributed by atoms with Crippen molar-refractivity contribution in [3.63, 3.8) is 0 Å². The first-order chi connectivity index (χ1) is 10.1. The maximum atomic E-state index is 11.3. The summed E-state index contributed by atoms with van der Waals surface area (Å²) >= 11 is 0. The molecule has 1 aliphatic rings. The van der Waals surface area contributed by atoms with Gasteiger partial charge >= 0.3 is 5.69 Å². The van der Waals surface area contributed by atoms with Crippen LogP contribution in [-0.2, 0) is 0 Å². The molecule has 1 aromatic rings. The van der Waals surface area contributed by atoms with Gasteiger partial charge in [0.2, 0.25) is 11.8 Å². The van der Waals surface area contributed by atoms with E-state index in [4.69, 9.17) is 0 Å². The van der Waals surface area contributed by atoms with Crippen molar-refractivity contribution in [2.45, 2.75) is 39.5 Å². The zero-order valence-corrected chi connectivity index (χ0v) is 12.9. The molecule has 2 rings (SSSR count). The maximum absolute atomic E-state index is 11.3. The van der Waals surface area contributed by atoms with Crippen molar-refractivity contribution in [1.82, 2.24) is 9.97 Å². The van der Waals surface area contributed by atoms with Gasteiger partial charge in [0.1, 0.15) is 5.69 Å². The third-order valence-electron chi connectivity index (χ3n) is 4.06. The molecule has 0 radical (unpaired) electrons. The molecule has 7 nitrogen and oxygen atoms in total. The largest absolute Gasteiger partial charge is 0.357 e. The van der Waals surface area contributed by atoms with Crippen LogP contribution in [0.1, 0.15) is 38.3 Å². The molecule has 1 N–H and O–H groups in total. The van der Waals surface area contributed by atoms with Crippen molar-refractivity contribution in [1.29, 1.82) is 0 Å². The molecule has 1 fully saturated rings. The Balaban J connectivity index is 2.26. The SMILES string of the molecule is CCCC1CCN(c2nc(NC)nc(C)c2[N+](=O)[O-])CC1. The van der Waals surface area contributed by atoms with Gasteiger partial charge in [0.05, 0.1) is 4.92 Å². The number of aromatic nitrogens is 2. The summed E-state index contributed by atoms with van der Waals surface area (Å²) in [6.07, 6.45) is 4.58. The van der Waals surface area contributed by atoms with Gasteiger partial charge < -0.3 is 10.2 Å². The molecular formula is C14H23N5O2. The minimum Gasteiger partial charge on any atom is -0.357 e. The molecule has 1 aromatic heterocycles. The molecule has 116 valence electrons. The molecule has 21 heavy (non-hydrogen) atoms. The molecule has 1 saturated heterocycles. The third kappa shape index (κ3) is 3.40. The monoisotopic (exact) mass is 293 g/mol. The molecule has 0 aromatic carbocycles. The molecular weight excluding hydrogens is 270 g/mol. The number of nitrogens with zero attached hydrogens (tertiary/aromatic N) is 4. The van der Waals surface area contributed by atoms with Gasteiger partial charge in [0, 0.05) is 20.1 Å². The fourth-order valence-corrected chi connectivity index (χ4v) is 2.94. The lowest BCUT2D eigenvalue weighted by Crippen LogP contribution is -2.35. The molecule has 0 saturated carbocycles. The van der Waals surface area contributed by atoms with Crippen LogP contribution in [0, 0.1) is 23.0 Å². The number of piperidine rings is 1. The van der Waals surface area contributed by atoms with Crippen molar-refractivity contribution in [2.24, 2.45) is 5.92 Å². The number of aryl methyl sites for hydroxylation is 1. The molecule has 0 aliphatic carbocycles. The van der Waals surface area contributed by atoms with Crippen LogP contribution in [0.15, 0.2) is 0 Å². The van der Waals surface area contributed by atoms with Gasteiger partial charge in [-0.25, -0.2) is 4.98 Å². The topological polar surface area (TPSA) is 84.2 Å². The summed E-state index contributed by atoms with van der Waals surface area (Å²) in [6.45, 7) is 5.51. The molecule has 2 heterocycles. The number of rotatable bonds is 5. The van der Waals surface area contributed by atoms with Crippen LogP contribution >= 0.6 is 0 Å². The zero-order valence-electron chi connectivity index (χ0n) is 12.9. The summed E-state index contributed by atoms with van der Waals surface area (Å²) in [5.41, 5.74) is 0.438. The molecule has 0 atom stereocenters. The fourth-order valence-electron chi connectivity index (χ4n) is 2.94. The van der Waals surface area contributed by atoms with Crippen molar-refractivity contribution >= 4 is 17.5 Å². The second-order valence-corrected chi connectivity index (χ2v) is 5.53. The van der Waals surface area contributed by atoms with E-state index in [2.05, 4.69) is 22.2 Å². The van der Waals surface area contributed by atoms with E-state index in [0.29, 0.717) is 17.5 Å². The van der Waals surface area contributed by atoms with Gasteiger partial charge in [-0.15, -0.1) is 0 Å². The van der Waals surface area contributed by atoms with Crippen molar-refractivity contribution in [3.05, 3.63) is 15.8 Å². The van der Waals surface area contributed by atoms with Crippen molar-refractivity contribution in [3.8, 4) is 0 Å². The lowest BCUT2D eigenvalue weighted by Gasteiger charge is -2.32. The standard InChI is InChI=1S/C14H23N5O2/c1-4-5-11-6-8-18(9-7-11)13-12(19(20)21)10(2)16-14(15-3)17-13/h11H,4-9H2,1-3H3,(H,15,16,17). The fraction of sp³-hybridized carbons (Fsp3) is 0.714. The third-order valence-corrected chi connectivity index (χ3v) is 4.06. The van der Waals surface area contributed by atoms with E-state index < -0.39 is 0 Å². The summed E-state index contributed by atoms with van der Waals surface area (Å²) < 4.78 is 0. The lowest BCUT2D eigenvalue weighted by atomic mass is 9.92. The highest BCUT2D eigenvalue weighted by molar-refractivity contribution is 5.62. The summed E-state index contributed by atoms with van der Waals surface area (Å²) in [6, 6.07) is 0. The average Bonchev–Trinajstić information content (AvgIpc) is 2.47. The Morgan fingerprint density at radius 3 is 2.57 bits per heavy atom. The summed E-state index contributed by atoms with van der Waals surface area (Å²) in [7, 11) is 1.72. The predicted octanol–water partition coefficient (Wildman–Crippen LogP) is 2.75. The smallest absolute Gasteiger partial charge is 0.332 e. The quantitative estimate of drug-likeness (QED) is 0.663. The first-order valence-electron chi connectivity index (χ1n) is 7.52. The first-order valence-corrected chi connectivity index (χ1v) is 7.52. The van der Waals surface area contributed by atoms with Crippen LogP contribution in [0.5, 0.6) is 0 Å². The van der Waals surface area contributed by atoms with Crippen molar-refractivity contribution < 1.29 is 4.92 Å². The highest BCUT2D eigenvalue weighted by Crippen LogP contribution is 2.33. The van der Waals surface area contributed by atoms with Gasteiger partial charge in [-0.3, -0.25) is 10.1 Å². The lowest BCUT2D eigenvalue weighted by molar-refractivity contribution is -0.385. The minimum atomic E-state index is -0.373. The van der Waals surface area contributed by atoms with Crippen LogP contribution in [0.3, 0.4) is 0 Å². The molecule has 7 heteroatoms. The second-order valence-electron chi connectivity index (χ2n) is 5.53. The zero-order chi connectivity index (χ0) is 15.4. The van der Waals surface area contributed by atoms with Crippen molar-refractivity contribution in [2.75, 3.05) is 30.4 Å². The van der Waals surface area contributed by atoms with Gasteiger partial charge in [0.15, 0.2) is 0 Å². The van der Waals surface area contributed by atoms with E-state index in [0.717, 1.165) is 31.8 Å². The predicted molar refractivity (Wildman–Crippen MR) is 82.8 cm³/mol. The Morgan fingerprint density at radius 1 is 1.38 bits per heavy atom. The summed E-state index contributed by atoms with van der Waals surface area (Å²) in [4.78, 5) is 21.4. The number of hydrogen-bond donors (Lipinski definition) is 1. The summed E-state index contributed by atoms with van der Waals surface area (Å²) in [5.74, 6) is 1.62. The van der Waals surface area contributed by atoms with E-state index in [9.17, 15) is 10.1 Å². The Hall–Kier alpha value is -1.92.